The summed E-state index contributed by atoms with van der Waals surface area (Å²) in [6, 6.07) is 7.17. The number of hydrogen-bond donors (Lipinski definition) is 0. The predicted molar refractivity (Wildman–Crippen MR) is 51.7 cm³/mol. The second-order valence-corrected chi connectivity index (χ2v) is 2.86. The van der Waals surface area contributed by atoms with E-state index in [0.717, 1.165) is 11.1 Å². The van der Waals surface area contributed by atoms with E-state index in [0.29, 0.717) is 0 Å². The number of hydrogen-bond acceptors (Lipinski definition) is 4. The normalized spacial score (nSPS) is 9.50. The molecule has 4 nitrogen and oxygen atoms in total. The molecule has 0 amide bonds. The van der Waals surface area contributed by atoms with Crippen LogP contribution in [-0.4, -0.2) is 13.1 Å². The molecule has 0 radical (unpaired) electrons. The first-order chi connectivity index (χ1) is 6.76. The number of benzene rings is 1. The number of nitroso groups, excluding NO2 is 1. The van der Waals surface area contributed by atoms with Crippen molar-refractivity contribution in [3.63, 3.8) is 0 Å². The number of methoxy groups -OCH3 is 1. The Labute approximate surface area is 81.9 Å². The van der Waals surface area contributed by atoms with Gasteiger partial charge in [-0.25, -0.2) is 0 Å². The summed E-state index contributed by atoms with van der Waals surface area (Å²) in [6.07, 6.45) is 0.225. The Morgan fingerprint density at radius 1 is 1.43 bits per heavy atom. The zero-order chi connectivity index (χ0) is 10.4. The van der Waals surface area contributed by atoms with Crippen molar-refractivity contribution in [1.29, 1.82) is 0 Å². The molecular formula is C10H11NO3. The minimum absolute atomic E-state index is 0.134. The molecule has 0 aromatic heterocycles. The standard InChI is InChI=1S/C10H11NO3/c1-14-10(12)6-8-3-2-4-9(5-8)7-11-13/h2-5H,6-7H2,1H3. The topological polar surface area (TPSA) is 55.7 Å². The minimum atomic E-state index is -0.291. The lowest BCUT2D eigenvalue weighted by Crippen LogP contribution is -2.04. The summed E-state index contributed by atoms with van der Waals surface area (Å²) in [5.74, 6) is -0.291. The van der Waals surface area contributed by atoms with Crippen molar-refractivity contribution in [2.24, 2.45) is 5.18 Å². The first-order valence-corrected chi connectivity index (χ1v) is 4.20. The first-order valence-electron chi connectivity index (χ1n) is 4.20. The lowest BCUT2D eigenvalue weighted by molar-refractivity contribution is -0.139. The Balaban J connectivity index is 2.72. The summed E-state index contributed by atoms with van der Waals surface area (Å²) in [7, 11) is 1.35. The van der Waals surface area contributed by atoms with E-state index in [1.54, 1.807) is 18.2 Å². The van der Waals surface area contributed by atoms with Crippen LogP contribution in [0.4, 0.5) is 0 Å². The highest BCUT2D eigenvalue weighted by atomic mass is 16.5. The first kappa shape index (κ1) is 10.4. The second-order valence-electron chi connectivity index (χ2n) is 2.86. The van der Waals surface area contributed by atoms with Gasteiger partial charge in [-0.3, -0.25) is 4.79 Å². The average Bonchev–Trinajstić information content (AvgIpc) is 2.19. The van der Waals surface area contributed by atoms with Crippen LogP contribution in [0.2, 0.25) is 0 Å². The van der Waals surface area contributed by atoms with Crippen molar-refractivity contribution in [2.75, 3.05) is 7.11 Å². The third-order valence-corrected chi connectivity index (χ3v) is 1.81. The van der Waals surface area contributed by atoms with E-state index in [-0.39, 0.29) is 18.9 Å². The Bertz CT molecular complexity index is 336. The molecule has 0 aliphatic heterocycles. The Morgan fingerprint density at radius 2 is 2.14 bits per heavy atom. The summed E-state index contributed by atoms with van der Waals surface area (Å²) in [5, 5.41) is 2.78. The highest BCUT2D eigenvalue weighted by Crippen LogP contribution is 2.07. The molecule has 0 aliphatic rings. The third-order valence-electron chi connectivity index (χ3n) is 1.81. The molecule has 0 spiro atoms. The van der Waals surface area contributed by atoms with Crippen LogP contribution >= 0.6 is 0 Å². The van der Waals surface area contributed by atoms with Crippen LogP contribution in [0.5, 0.6) is 0 Å². The maximum Gasteiger partial charge on any atom is 0.309 e. The number of esters is 1. The molecule has 0 aliphatic carbocycles. The highest BCUT2D eigenvalue weighted by Gasteiger charge is 2.03. The van der Waals surface area contributed by atoms with Gasteiger partial charge in [-0.05, 0) is 11.1 Å². The van der Waals surface area contributed by atoms with Gasteiger partial charge in [0.2, 0.25) is 0 Å². The SMILES string of the molecule is COC(=O)Cc1cccc(CN=O)c1. The van der Waals surface area contributed by atoms with E-state index in [1.807, 2.05) is 6.07 Å². The van der Waals surface area contributed by atoms with Crippen LogP contribution in [0.25, 0.3) is 0 Å². The molecule has 0 saturated carbocycles. The van der Waals surface area contributed by atoms with E-state index in [9.17, 15) is 9.70 Å². The van der Waals surface area contributed by atoms with Gasteiger partial charge in [-0.2, -0.15) is 4.91 Å². The van der Waals surface area contributed by atoms with Crippen molar-refractivity contribution in [3.05, 3.63) is 40.3 Å². The van der Waals surface area contributed by atoms with Crippen LogP contribution in [0, 0.1) is 4.91 Å². The molecule has 4 heteroatoms. The molecule has 0 bridgehead atoms. The maximum atomic E-state index is 10.9. The summed E-state index contributed by atoms with van der Waals surface area (Å²) in [4.78, 5) is 21.0. The molecule has 0 unspecified atom stereocenters. The van der Waals surface area contributed by atoms with Crippen LogP contribution < -0.4 is 0 Å². The number of carbonyl (C=O) groups is 1. The zero-order valence-electron chi connectivity index (χ0n) is 7.90. The molecule has 0 saturated heterocycles. The highest BCUT2D eigenvalue weighted by molar-refractivity contribution is 5.72. The Kier molecular flexibility index (Phi) is 3.79. The third kappa shape index (κ3) is 2.97. The van der Waals surface area contributed by atoms with E-state index < -0.39 is 0 Å². The fourth-order valence-corrected chi connectivity index (χ4v) is 1.15. The van der Waals surface area contributed by atoms with Gasteiger partial charge >= 0.3 is 5.97 Å². The van der Waals surface area contributed by atoms with Crippen LogP contribution in [0.15, 0.2) is 29.4 Å². The molecule has 74 valence electrons. The Morgan fingerprint density at radius 3 is 2.79 bits per heavy atom. The fraction of sp³-hybridized carbons (Fsp3) is 0.300. The largest absolute Gasteiger partial charge is 0.469 e. The van der Waals surface area contributed by atoms with Crippen LogP contribution in [-0.2, 0) is 22.5 Å². The molecule has 0 heterocycles. The zero-order valence-corrected chi connectivity index (χ0v) is 7.90. The van der Waals surface area contributed by atoms with Gasteiger partial charge in [0.05, 0.1) is 13.5 Å². The maximum absolute atomic E-state index is 10.9. The van der Waals surface area contributed by atoms with E-state index in [1.165, 1.54) is 7.11 Å². The summed E-state index contributed by atoms with van der Waals surface area (Å²) in [6.45, 7) is 0.134. The van der Waals surface area contributed by atoms with Crippen molar-refractivity contribution in [1.82, 2.24) is 0 Å². The number of ether oxygens (including phenoxy) is 1. The van der Waals surface area contributed by atoms with E-state index in [2.05, 4.69) is 9.91 Å². The molecule has 1 aromatic carbocycles. The molecule has 0 fully saturated rings. The number of rotatable bonds is 4. The fourth-order valence-electron chi connectivity index (χ4n) is 1.15. The van der Waals surface area contributed by atoms with Crippen molar-refractivity contribution >= 4 is 5.97 Å². The van der Waals surface area contributed by atoms with Crippen LogP contribution in [0.3, 0.4) is 0 Å². The summed E-state index contributed by atoms with van der Waals surface area (Å²) < 4.78 is 4.53. The van der Waals surface area contributed by atoms with E-state index >= 15 is 0 Å². The van der Waals surface area contributed by atoms with Gasteiger partial charge < -0.3 is 4.74 Å². The van der Waals surface area contributed by atoms with Gasteiger partial charge in [0.1, 0.15) is 6.54 Å². The molecular weight excluding hydrogens is 182 g/mol. The lowest BCUT2D eigenvalue weighted by atomic mass is 10.1. The Hall–Kier alpha value is -1.71. The molecule has 14 heavy (non-hydrogen) atoms. The average molecular weight is 193 g/mol. The summed E-state index contributed by atoms with van der Waals surface area (Å²) >= 11 is 0. The molecule has 1 rings (SSSR count). The van der Waals surface area contributed by atoms with Crippen molar-refractivity contribution in [3.8, 4) is 0 Å². The van der Waals surface area contributed by atoms with Crippen molar-refractivity contribution < 1.29 is 9.53 Å². The van der Waals surface area contributed by atoms with Gasteiger partial charge in [0, 0.05) is 0 Å². The number of carbonyl (C=O) groups excluding carboxylic acids is 1. The lowest BCUT2D eigenvalue weighted by Gasteiger charge is -2.01. The van der Waals surface area contributed by atoms with Gasteiger partial charge in [-0.15, -0.1) is 0 Å². The molecule has 0 atom stereocenters. The van der Waals surface area contributed by atoms with Gasteiger partial charge in [0.25, 0.3) is 0 Å². The molecule has 1 aromatic rings. The quantitative estimate of drug-likeness (QED) is 0.539. The second kappa shape index (κ2) is 5.11. The summed E-state index contributed by atoms with van der Waals surface area (Å²) in [5.41, 5.74) is 1.64. The van der Waals surface area contributed by atoms with Gasteiger partial charge in [-0.1, -0.05) is 29.4 Å². The molecule has 0 N–H and O–H groups in total. The number of nitrogens with zero attached hydrogens (tertiary/aromatic N) is 1. The van der Waals surface area contributed by atoms with Crippen LogP contribution in [0.1, 0.15) is 11.1 Å². The minimum Gasteiger partial charge on any atom is -0.469 e. The van der Waals surface area contributed by atoms with Crippen molar-refractivity contribution in [2.45, 2.75) is 13.0 Å². The predicted octanol–water partition coefficient (Wildman–Crippen LogP) is 1.67. The monoisotopic (exact) mass is 193 g/mol. The van der Waals surface area contributed by atoms with Gasteiger partial charge in [0.15, 0.2) is 0 Å². The van der Waals surface area contributed by atoms with E-state index in [4.69, 9.17) is 0 Å². The smallest absolute Gasteiger partial charge is 0.309 e.